The molecular weight excluding hydrogens is 314 g/mol. The van der Waals surface area contributed by atoms with Crippen molar-refractivity contribution in [1.29, 1.82) is 0 Å². The lowest BCUT2D eigenvalue weighted by Crippen LogP contribution is -2.42. The molecule has 0 aliphatic carbocycles. The fraction of sp³-hybridized carbons (Fsp3) is 0.300. The molecule has 2 aromatic carbocycles. The molecule has 0 bridgehead atoms. The zero-order valence-electron chi connectivity index (χ0n) is 14.7. The Morgan fingerprint density at radius 2 is 1.64 bits per heavy atom. The van der Waals surface area contributed by atoms with E-state index in [2.05, 4.69) is 16.0 Å². The molecule has 0 aliphatic heterocycles. The van der Waals surface area contributed by atoms with Crippen LogP contribution in [-0.4, -0.2) is 18.5 Å². The van der Waals surface area contributed by atoms with Gasteiger partial charge in [0.15, 0.2) is 0 Å². The number of aryl methyl sites for hydroxylation is 1. The van der Waals surface area contributed by atoms with Gasteiger partial charge in [0.2, 0.25) is 5.91 Å². The Morgan fingerprint density at radius 1 is 0.960 bits per heavy atom. The summed E-state index contributed by atoms with van der Waals surface area (Å²) in [5.41, 5.74) is 3.25. The average molecular weight is 339 g/mol. The zero-order chi connectivity index (χ0) is 18.1. The first-order valence-electron chi connectivity index (χ1n) is 8.50. The smallest absolute Gasteiger partial charge is 0.315 e. The summed E-state index contributed by atoms with van der Waals surface area (Å²) in [4.78, 5) is 23.9. The summed E-state index contributed by atoms with van der Waals surface area (Å²) in [6, 6.07) is 17.3. The predicted octanol–water partition coefficient (Wildman–Crippen LogP) is 3.06. The lowest BCUT2D eigenvalue weighted by Gasteiger charge is -2.18. The van der Waals surface area contributed by atoms with Gasteiger partial charge in [-0.15, -0.1) is 0 Å². The number of rotatable bonds is 7. The first-order chi connectivity index (χ1) is 12.1. The van der Waals surface area contributed by atoms with Crippen molar-refractivity contribution in [2.75, 3.05) is 6.54 Å². The van der Waals surface area contributed by atoms with Gasteiger partial charge in [0.25, 0.3) is 0 Å². The van der Waals surface area contributed by atoms with E-state index in [0.29, 0.717) is 6.54 Å². The third-order valence-corrected chi connectivity index (χ3v) is 3.93. The normalized spacial score (nSPS) is 11.4. The fourth-order valence-corrected chi connectivity index (χ4v) is 2.47. The van der Waals surface area contributed by atoms with Crippen molar-refractivity contribution in [1.82, 2.24) is 16.0 Å². The lowest BCUT2D eigenvalue weighted by atomic mass is 10.0. The first-order valence-corrected chi connectivity index (χ1v) is 8.50. The summed E-state index contributed by atoms with van der Waals surface area (Å²) in [6.45, 7) is 4.42. The molecule has 3 amide bonds. The lowest BCUT2D eigenvalue weighted by molar-refractivity contribution is -0.120. The van der Waals surface area contributed by atoms with Gasteiger partial charge in [0, 0.05) is 6.54 Å². The zero-order valence-corrected chi connectivity index (χ0v) is 14.7. The molecule has 5 nitrogen and oxygen atoms in total. The second kappa shape index (κ2) is 9.47. The average Bonchev–Trinajstić information content (AvgIpc) is 2.64. The highest BCUT2D eigenvalue weighted by molar-refractivity contribution is 5.84. The van der Waals surface area contributed by atoms with Crippen LogP contribution in [0.3, 0.4) is 0 Å². The number of benzene rings is 2. The monoisotopic (exact) mass is 339 g/mol. The van der Waals surface area contributed by atoms with Crippen LogP contribution < -0.4 is 16.0 Å². The van der Waals surface area contributed by atoms with Gasteiger partial charge in [-0.3, -0.25) is 4.79 Å². The molecule has 0 radical (unpaired) electrons. The van der Waals surface area contributed by atoms with E-state index in [-0.39, 0.29) is 24.5 Å². The van der Waals surface area contributed by atoms with Gasteiger partial charge in [-0.05, 0) is 24.5 Å². The molecule has 132 valence electrons. The molecule has 25 heavy (non-hydrogen) atoms. The van der Waals surface area contributed by atoms with Crippen molar-refractivity contribution in [3.8, 4) is 0 Å². The minimum Gasteiger partial charge on any atom is -0.348 e. The van der Waals surface area contributed by atoms with Crippen LogP contribution in [0.15, 0.2) is 54.6 Å². The van der Waals surface area contributed by atoms with Crippen LogP contribution in [0.25, 0.3) is 0 Å². The summed E-state index contributed by atoms with van der Waals surface area (Å²) < 4.78 is 0. The van der Waals surface area contributed by atoms with Crippen molar-refractivity contribution in [3.63, 3.8) is 0 Å². The number of carbonyl (C=O) groups excluding carboxylic acids is 2. The molecule has 0 saturated carbocycles. The molecule has 0 unspecified atom stereocenters. The van der Waals surface area contributed by atoms with E-state index in [1.54, 1.807) is 0 Å². The second-order valence-corrected chi connectivity index (χ2v) is 5.96. The molecule has 0 saturated heterocycles. The van der Waals surface area contributed by atoms with Crippen molar-refractivity contribution in [2.45, 2.75) is 32.9 Å². The molecule has 1 atom stereocenters. The Morgan fingerprint density at radius 3 is 2.28 bits per heavy atom. The number of hydrogen-bond acceptors (Lipinski definition) is 2. The maximum atomic E-state index is 12.1. The van der Waals surface area contributed by atoms with Crippen LogP contribution in [0.2, 0.25) is 0 Å². The summed E-state index contributed by atoms with van der Waals surface area (Å²) in [7, 11) is 0. The quantitative estimate of drug-likeness (QED) is 0.725. The number of carbonyl (C=O) groups is 2. The van der Waals surface area contributed by atoms with Gasteiger partial charge in [-0.2, -0.15) is 0 Å². The Labute approximate surface area is 148 Å². The van der Waals surface area contributed by atoms with E-state index >= 15 is 0 Å². The van der Waals surface area contributed by atoms with Gasteiger partial charge in [0.1, 0.15) is 0 Å². The van der Waals surface area contributed by atoms with Gasteiger partial charge in [-0.1, -0.05) is 67.1 Å². The van der Waals surface area contributed by atoms with E-state index < -0.39 is 0 Å². The van der Waals surface area contributed by atoms with E-state index in [9.17, 15) is 9.59 Å². The highest BCUT2D eigenvalue weighted by Gasteiger charge is 2.13. The molecule has 0 aromatic heterocycles. The van der Waals surface area contributed by atoms with Crippen molar-refractivity contribution >= 4 is 11.9 Å². The molecule has 3 N–H and O–H groups in total. The number of nitrogens with one attached hydrogen (secondary N) is 3. The van der Waals surface area contributed by atoms with Crippen LogP contribution in [0.4, 0.5) is 4.79 Å². The van der Waals surface area contributed by atoms with Gasteiger partial charge in [-0.25, -0.2) is 4.79 Å². The highest BCUT2D eigenvalue weighted by Crippen LogP contribution is 2.16. The van der Waals surface area contributed by atoms with E-state index in [4.69, 9.17) is 0 Å². The van der Waals surface area contributed by atoms with Crippen LogP contribution in [-0.2, 0) is 11.3 Å². The van der Waals surface area contributed by atoms with E-state index in [1.807, 2.05) is 68.4 Å². The van der Waals surface area contributed by atoms with E-state index in [1.165, 1.54) is 5.56 Å². The third kappa shape index (κ3) is 6.30. The van der Waals surface area contributed by atoms with Crippen LogP contribution in [0.5, 0.6) is 0 Å². The number of amides is 3. The molecule has 0 spiro atoms. The van der Waals surface area contributed by atoms with Crippen LogP contribution in [0, 0.1) is 6.92 Å². The molecule has 0 heterocycles. The predicted molar refractivity (Wildman–Crippen MR) is 99.0 cm³/mol. The van der Waals surface area contributed by atoms with Crippen molar-refractivity contribution < 1.29 is 9.59 Å². The molecule has 5 heteroatoms. The van der Waals surface area contributed by atoms with Crippen molar-refractivity contribution in [2.24, 2.45) is 0 Å². The number of hydrogen-bond donors (Lipinski definition) is 3. The van der Waals surface area contributed by atoms with Gasteiger partial charge in [0.05, 0.1) is 12.6 Å². The highest BCUT2D eigenvalue weighted by atomic mass is 16.2. The molecule has 2 rings (SSSR count). The van der Waals surface area contributed by atoms with Gasteiger partial charge < -0.3 is 16.0 Å². The summed E-state index contributed by atoms with van der Waals surface area (Å²) in [5.74, 6) is -0.206. The molecule has 2 aromatic rings. The Bertz CT molecular complexity index is 684. The standard InChI is InChI=1S/C20H25N3O2/c1-3-18(17-11-9-15(2)10-12-17)23-19(24)14-22-20(25)21-13-16-7-5-4-6-8-16/h4-12,18H,3,13-14H2,1-2H3,(H,23,24)(H2,21,22,25)/t18-/m0/s1. The Balaban J connectivity index is 1.75. The summed E-state index contributed by atoms with van der Waals surface area (Å²) >= 11 is 0. The van der Waals surface area contributed by atoms with E-state index in [0.717, 1.165) is 17.5 Å². The van der Waals surface area contributed by atoms with Gasteiger partial charge >= 0.3 is 6.03 Å². The first kappa shape index (κ1) is 18.5. The number of urea groups is 1. The maximum Gasteiger partial charge on any atom is 0.315 e. The Kier molecular flexibility index (Phi) is 7.01. The summed E-state index contributed by atoms with van der Waals surface area (Å²) in [5, 5.41) is 8.26. The van der Waals surface area contributed by atoms with Crippen LogP contribution >= 0.6 is 0 Å². The fourth-order valence-electron chi connectivity index (χ4n) is 2.47. The minimum atomic E-state index is -0.359. The third-order valence-electron chi connectivity index (χ3n) is 3.93. The maximum absolute atomic E-state index is 12.1. The molecular formula is C20H25N3O2. The summed E-state index contributed by atoms with van der Waals surface area (Å²) in [6.07, 6.45) is 0.787. The second-order valence-electron chi connectivity index (χ2n) is 5.96. The minimum absolute atomic E-state index is 0.0526. The topological polar surface area (TPSA) is 70.2 Å². The van der Waals surface area contributed by atoms with Crippen LogP contribution in [0.1, 0.15) is 36.1 Å². The Hall–Kier alpha value is -2.82. The molecule has 0 aliphatic rings. The molecule has 0 fully saturated rings. The SMILES string of the molecule is CC[C@H](NC(=O)CNC(=O)NCc1ccccc1)c1ccc(C)cc1. The largest absolute Gasteiger partial charge is 0.348 e. The van der Waals surface area contributed by atoms with Crippen molar-refractivity contribution in [3.05, 3.63) is 71.3 Å².